The predicted octanol–water partition coefficient (Wildman–Crippen LogP) is 2.19. The molecule has 3 rings (SSSR count). The van der Waals surface area contributed by atoms with E-state index in [9.17, 15) is 13.2 Å². The van der Waals surface area contributed by atoms with Gasteiger partial charge in [0.25, 0.3) is 10.0 Å². The van der Waals surface area contributed by atoms with Gasteiger partial charge >= 0.3 is 0 Å². The van der Waals surface area contributed by atoms with Crippen molar-refractivity contribution in [2.24, 2.45) is 0 Å². The fraction of sp³-hybridized carbons (Fsp3) is 0.350. The Morgan fingerprint density at radius 3 is 2.50 bits per heavy atom. The monoisotopic (exact) mass is 404 g/mol. The van der Waals surface area contributed by atoms with E-state index in [1.807, 2.05) is 0 Å². The molecular formula is C20H24N2O5S. The number of rotatable bonds is 8. The number of para-hydroxylation sites is 1. The van der Waals surface area contributed by atoms with E-state index < -0.39 is 10.0 Å². The summed E-state index contributed by atoms with van der Waals surface area (Å²) in [5, 5.41) is 2.78. The molecular weight excluding hydrogens is 380 g/mol. The van der Waals surface area contributed by atoms with Gasteiger partial charge in [-0.25, -0.2) is 8.42 Å². The van der Waals surface area contributed by atoms with Gasteiger partial charge in [-0.2, -0.15) is 0 Å². The van der Waals surface area contributed by atoms with Crippen LogP contribution in [0.2, 0.25) is 0 Å². The maximum atomic E-state index is 13.2. The summed E-state index contributed by atoms with van der Waals surface area (Å²) in [5.74, 6) is 0.177. The van der Waals surface area contributed by atoms with Crippen molar-refractivity contribution in [2.75, 3.05) is 31.1 Å². The Hall–Kier alpha value is -2.58. The van der Waals surface area contributed by atoms with Crippen molar-refractivity contribution in [3.63, 3.8) is 0 Å². The zero-order chi connectivity index (χ0) is 20.0. The molecule has 28 heavy (non-hydrogen) atoms. The summed E-state index contributed by atoms with van der Waals surface area (Å²) in [6.07, 6.45) is 1.86. The van der Waals surface area contributed by atoms with Crippen LogP contribution in [0.3, 0.4) is 0 Å². The average Bonchev–Trinajstić information content (AvgIpc) is 3.25. The number of nitrogens with one attached hydrogen (secondary N) is 1. The van der Waals surface area contributed by atoms with Crippen LogP contribution in [0.1, 0.15) is 12.8 Å². The molecule has 150 valence electrons. The quantitative estimate of drug-likeness (QED) is 0.729. The van der Waals surface area contributed by atoms with Crippen molar-refractivity contribution in [3.05, 3.63) is 54.6 Å². The van der Waals surface area contributed by atoms with E-state index in [2.05, 4.69) is 5.32 Å². The zero-order valence-electron chi connectivity index (χ0n) is 15.7. The van der Waals surface area contributed by atoms with Gasteiger partial charge in [-0.3, -0.25) is 9.10 Å². The molecule has 1 heterocycles. The van der Waals surface area contributed by atoms with Crippen molar-refractivity contribution in [3.8, 4) is 5.75 Å². The molecule has 2 aromatic rings. The van der Waals surface area contributed by atoms with E-state index >= 15 is 0 Å². The molecule has 0 unspecified atom stereocenters. The first kappa shape index (κ1) is 20.2. The van der Waals surface area contributed by atoms with Crippen molar-refractivity contribution in [1.29, 1.82) is 0 Å². The molecule has 2 aromatic carbocycles. The third kappa shape index (κ3) is 4.82. The second-order valence-corrected chi connectivity index (χ2v) is 8.32. The van der Waals surface area contributed by atoms with Crippen LogP contribution < -0.4 is 14.4 Å². The molecule has 8 heteroatoms. The van der Waals surface area contributed by atoms with E-state index in [0.717, 1.165) is 17.1 Å². The maximum Gasteiger partial charge on any atom is 0.264 e. The molecule has 0 spiro atoms. The molecule has 1 N–H and O–H groups in total. The molecule has 1 saturated heterocycles. The second-order valence-electron chi connectivity index (χ2n) is 6.46. The van der Waals surface area contributed by atoms with Gasteiger partial charge in [-0.15, -0.1) is 0 Å². The summed E-state index contributed by atoms with van der Waals surface area (Å²) in [5.41, 5.74) is 0.422. The Balaban J connectivity index is 1.80. The number of sulfonamides is 1. The highest BCUT2D eigenvalue weighted by molar-refractivity contribution is 7.92. The molecule has 1 atom stereocenters. The molecule has 0 bridgehead atoms. The molecule has 0 aromatic heterocycles. The van der Waals surface area contributed by atoms with Gasteiger partial charge in [0.1, 0.15) is 12.3 Å². The minimum atomic E-state index is -3.93. The minimum Gasteiger partial charge on any atom is -0.497 e. The number of carbonyl (C=O) groups excluding carboxylic acids is 1. The number of benzene rings is 2. The third-order valence-electron chi connectivity index (χ3n) is 4.53. The van der Waals surface area contributed by atoms with E-state index in [0.29, 0.717) is 24.6 Å². The van der Waals surface area contributed by atoms with Gasteiger partial charge in [0.05, 0.1) is 23.8 Å². The van der Waals surface area contributed by atoms with Crippen LogP contribution in [0.5, 0.6) is 5.75 Å². The molecule has 1 fully saturated rings. The lowest BCUT2D eigenvalue weighted by molar-refractivity contribution is -0.120. The number of methoxy groups -OCH3 is 1. The molecule has 1 aliphatic rings. The number of hydrogen-bond acceptors (Lipinski definition) is 5. The van der Waals surface area contributed by atoms with E-state index in [1.165, 1.54) is 19.2 Å². The Morgan fingerprint density at radius 1 is 1.18 bits per heavy atom. The van der Waals surface area contributed by atoms with Crippen LogP contribution in [0.15, 0.2) is 59.5 Å². The van der Waals surface area contributed by atoms with Crippen molar-refractivity contribution >= 4 is 21.6 Å². The first-order chi connectivity index (χ1) is 13.5. The second kappa shape index (κ2) is 9.07. The van der Waals surface area contributed by atoms with Crippen LogP contribution in [-0.2, 0) is 19.6 Å². The first-order valence-electron chi connectivity index (χ1n) is 9.11. The van der Waals surface area contributed by atoms with Gasteiger partial charge in [-0.05, 0) is 49.2 Å². The fourth-order valence-corrected chi connectivity index (χ4v) is 4.42. The average molecular weight is 404 g/mol. The molecule has 0 radical (unpaired) electrons. The number of nitrogens with zero attached hydrogens (tertiary/aromatic N) is 1. The lowest BCUT2D eigenvalue weighted by Gasteiger charge is -2.24. The van der Waals surface area contributed by atoms with Crippen LogP contribution in [0, 0.1) is 0 Å². The van der Waals surface area contributed by atoms with Crippen LogP contribution in [-0.4, -0.2) is 47.2 Å². The van der Waals surface area contributed by atoms with Crippen molar-refractivity contribution in [2.45, 2.75) is 23.8 Å². The highest BCUT2D eigenvalue weighted by atomic mass is 32.2. The molecule has 1 aliphatic heterocycles. The Morgan fingerprint density at radius 2 is 1.89 bits per heavy atom. The lowest BCUT2D eigenvalue weighted by Crippen LogP contribution is -2.42. The van der Waals surface area contributed by atoms with Crippen LogP contribution in [0.25, 0.3) is 0 Å². The summed E-state index contributed by atoms with van der Waals surface area (Å²) in [4.78, 5) is 12.6. The maximum absolute atomic E-state index is 13.2. The Kier molecular flexibility index (Phi) is 6.53. The van der Waals surface area contributed by atoms with Gasteiger partial charge in [0.15, 0.2) is 0 Å². The van der Waals surface area contributed by atoms with E-state index in [4.69, 9.17) is 9.47 Å². The summed E-state index contributed by atoms with van der Waals surface area (Å²) in [6.45, 7) is 0.762. The van der Waals surface area contributed by atoms with Gasteiger partial charge in [-0.1, -0.05) is 18.2 Å². The minimum absolute atomic E-state index is 0.00711. The highest BCUT2D eigenvalue weighted by Crippen LogP contribution is 2.24. The molecule has 1 amide bonds. The van der Waals surface area contributed by atoms with Crippen LogP contribution in [0.4, 0.5) is 5.69 Å². The van der Waals surface area contributed by atoms with Gasteiger partial charge < -0.3 is 14.8 Å². The molecule has 0 aliphatic carbocycles. The van der Waals surface area contributed by atoms with E-state index in [-0.39, 0.29) is 23.5 Å². The largest absolute Gasteiger partial charge is 0.497 e. The van der Waals surface area contributed by atoms with Gasteiger partial charge in [0, 0.05) is 13.2 Å². The number of carbonyl (C=O) groups is 1. The van der Waals surface area contributed by atoms with Gasteiger partial charge in [0.2, 0.25) is 5.91 Å². The summed E-state index contributed by atoms with van der Waals surface area (Å²) >= 11 is 0. The predicted molar refractivity (Wildman–Crippen MR) is 106 cm³/mol. The highest BCUT2D eigenvalue weighted by Gasteiger charge is 2.27. The van der Waals surface area contributed by atoms with Crippen molar-refractivity contribution < 1.29 is 22.7 Å². The Labute approximate surface area is 165 Å². The third-order valence-corrected chi connectivity index (χ3v) is 6.32. The number of ether oxygens (including phenoxy) is 2. The smallest absolute Gasteiger partial charge is 0.264 e. The zero-order valence-corrected chi connectivity index (χ0v) is 16.5. The van der Waals surface area contributed by atoms with Crippen molar-refractivity contribution in [1.82, 2.24) is 5.32 Å². The standard InChI is InChI=1S/C20H24N2O5S/c1-26-17-9-11-19(12-10-17)28(24,25)22(16-6-3-2-4-7-16)15-20(23)21-14-18-8-5-13-27-18/h2-4,6-7,9-12,18H,5,8,13-15H2,1H3,(H,21,23)/t18-/m0/s1. The summed E-state index contributed by atoms with van der Waals surface area (Å²) < 4.78 is 38.1. The number of hydrogen-bond donors (Lipinski definition) is 1. The fourth-order valence-electron chi connectivity index (χ4n) is 3.00. The summed E-state index contributed by atoms with van der Waals surface area (Å²) in [6, 6.07) is 14.7. The summed E-state index contributed by atoms with van der Waals surface area (Å²) in [7, 11) is -2.41. The lowest BCUT2D eigenvalue weighted by atomic mass is 10.2. The Bertz CT molecular complexity index is 879. The van der Waals surface area contributed by atoms with Crippen LogP contribution >= 0.6 is 0 Å². The normalized spacial score (nSPS) is 16.5. The topological polar surface area (TPSA) is 84.9 Å². The first-order valence-corrected chi connectivity index (χ1v) is 10.5. The van der Waals surface area contributed by atoms with E-state index in [1.54, 1.807) is 42.5 Å². The number of anilines is 1. The number of amides is 1. The molecule has 0 saturated carbocycles. The molecule has 7 nitrogen and oxygen atoms in total. The SMILES string of the molecule is COc1ccc(S(=O)(=O)N(CC(=O)NC[C@@H]2CCCO2)c2ccccc2)cc1.